The molecule has 19 heavy (non-hydrogen) atoms. The Bertz CT molecular complexity index is 514. The van der Waals surface area contributed by atoms with Crippen LogP contribution in [0, 0.1) is 0 Å². The molecule has 1 aliphatic carbocycles. The van der Waals surface area contributed by atoms with E-state index >= 15 is 0 Å². The smallest absolute Gasteiger partial charge is 0.158 e. The van der Waals surface area contributed by atoms with Crippen LogP contribution in [0.4, 0.5) is 0 Å². The SMILES string of the molecule is Cl.O[C@H]1CCCC[C@@H]1n1ccnc1-c1ccccn1. The van der Waals surface area contributed by atoms with Gasteiger partial charge in [0, 0.05) is 18.6 Å². The van der Waals surface area contributed by atoms with Gasteiger partial charge in [-0.25, -0.2) is 4.98 Å². The monoisotopic (exact) mass is 279 g/mol. The summed E-state index contributed by atoms with van der Waals surface area (Å²) in [7, 11) is 0. The molecule has 0 aliphatic heterocycles. The van der Waals surface area contributed by atoms with E-state index < -0.39 is 0 Å². The zero-order chi connectivity index (χ0) is 12.4. The summed E-state index contributed by atoms with van der Waals surface area (Å²) in [6.07, 6.45) is 9.41. The van der Waals surface area contributed by atoms with Gasteiger partial charge in [-0.05, 0) is 25.0 Å². The second-order valence-corrected chi connectivity index (χ2v) is 4.79. The van der Waals surface area contributed by atoms with Gasteiger partial charge >= 0.3 is 0 Å². The Hall–Kier alpha value is -1.39. The number of aromatic nitrogens is 3. The number of aliphatic hydroxyl groups is 1. The quantitative estimate of drug-likeness (QED) is 0.920. The van der Waals surface area contributed by atoms with E-state index in [0.717, 1.165) is 30.8 Å². The second-order valence-electron chi connectivity index (χ2n) is 4.79. The summed E-state index contributed by atoms with van der Waals surface area (Å²) in [5.74, 6) is 0.849. The standard InChI is InChI=1S/C14H17N3O.ClH/c18-13-7-2-1-6-12(13)17-10-9-16-14(17)11-5-3-4-8-15-11;/h3-5,8-10,12-13,18H,1-2,6-7H2;1H/t12-,13-;/m0./s1. The van der Waals surface area contributed by atoms with Gasteiger partial charge in [-0.3, -0.25) is 4.98 Å². The fraction of sp³-hybridized carbons (Fsp3) is 0.429. The molecule has 0 spiro atoms. The van der Waals surface area contributed by atoms with Crippen molar-refractivity contribution >= 4 is 12.4 Å². The molecule has 1 saturated carbocycles. The van der Waals surface area contributed by atoms with E-state index in [9.17, 15) is 5.11 Å². The lowest BCUT2D eigenvalue weighted by atomic mass is 9.92. The summed E-state index contributed by atoms with van der Waals surface area (Å²) in [5.41, 5.74) is 0.861. The van der Waals surface area contributed by atoms with E-state index in [-0.39, 0.29) is 24.6 Å². The highest BCUT2D eigenvalue weighted by atomic mass is 35.5. The first-order valence-corrected chi connectivity index (χ1v) is 6.48. The van der Waals surface area contributed by atoms with Gasteiger partial charge in [-0.15, -0.1) is 12.4 Å². The average molecular weight is 280 g/mol. The predicted molar refractivity (Wildman–Crippen MR) is 76.2 cm³/mol. The van der Waals surface area contributed by atoms with E-state index in [2.05, 4.69) is 14.5 Å². The highest BCUT2D eigenvalue weighted by molar-refractivity contribution is 5.85. The van der Waals surface area contributed by atoms with Gasteiger partial charge in [0.25, 0.3) is 0 Å². The molecule has 3 rings (SSSR count). The lowest BCUT2D eigenvalue weighted by Gasteiger charge is -2.29. The minimum atomic E-state index is -0.268. The first-order valence-electron chi connectivity index (χ1n) is 6.48. The molecule has 0 bridgehead atoms. The molecule has 0 radical (unpaired) electrons. The van der Waals surface area contributed by atoms with E-state index in [4.69, 9.17) is 0 Å². The van der Waals surface area contributed by atoms with E-state index in [1.165, 1.54) is 6.42 Å². The van der Waals surface area contributed by atoms with Gasteiger partial charge in [0.05, 0.1) is 12.1 Å². The normalized spacial score (nSPS) is 22.8. The van der Waals surface area contributed by atoms with Crippen molar-refractivity contribution in [3.05, 3.63) is 36.8 Å². The van der Waals surface area contributed by atoms with E-state index in [1.807, 2.05) is 24.4 Å². The van der Waals surface area contributed by atoms with Crippen LogP contribution < -0.4 is 0 Å². The fourth-order valence-corrected chi connectivity index (χ4v) is 2.69. The Kier molecular flexibility index (Phi) is 4.56. The molecule has 0 aromatic carbocycles. The lowest BCUT2D eigenvalue weighted by molar-refractivity contribution is 0.0762. The summed E-state index contributed by atoms with van der Waals surface area (Å²) in [5, 5.41) is 10.1. The summed E-state index contributed by atoms with van der Waals surface area (Å²) in [4.78, 5) is 8.72. The summed E-state index contributed by atoms with van der Waals surface area (Å²) < 4.78 is 2.08. The van der Waals surface area contributed by atoms with Gasteiger partial charge < -0.3 is 9.67 Å². The molecule has 1 N–H and O–H groups in total. The number of halogens is 1. The Morgan fingerprint density at radius 3 is 2.68 bits per heavy atom. The number of imidazole rings is 1. The highest BCUT2D eigenvalue weighted by Gasteiger charge is 2.26. The lowest BCUT2D eigenvalue weighted by Crippen LogP contribution is -2.27. The molecular formula is C14H18ClN3O. The van der Waals surface area contributed by atoms with Gasteiger partial charge in [0.15, 0.2) is 5.82 Å². The summed E-state index contributed by atoms with van der Waals surface area (Å²) in [6.45, 7) is 0. The molecule has 2 atom stereocenters. The molecule has 0 amide bonds. The average Bonchev–Trinajstić information content (AvgIpc) is 2.89. The number of nitrogens with zero attached hydrogens (tertiary/aromatic N) is 3. The highest BCUT2D eigenvalue weighted by Crippen LogP contribution is 2.31. The predicted octanol–water partition coefficient (Wildman–Crippen LogP) is 2.84. The van der Waals surface area contributed by atoms with Crippen molar-refractivity contribution in [2.75, 3.05) is 0 Å². The van der Waals surface area contributed by atoms with Crippen molar-refractivity contribution in [1.82, 2.24) is 14.5 Å². The third-order valence-electron chi connectivity index (χ3n) is 3.61. The van der Waals surface area contributed by atoms with Crippen molar-refractivity contribution < 1.29 is 5.11 Å². The van der Waals surface area contributed by atoms with Gasteiger partial charge in [-0.1, -0.05) is 18.9 Å². The molecule has 4 nitrogen and oxygen atoms in total. The van der Waals surface area contributed by atoms with Crippen molar-refractivity contribution in [2.45, 2.75) is 37.8 Å². The Labute approximate surface area is 118 Å². The third kappa shape index (κ3) is 2.80. The fourth-order valence-electron chi connectivity index (χ4n) is 2.69. The number of hydrogen-bond donors (Lipinski definition) is 1. The first-order chi connectivity index (χ1) is 8.86. The number of rotatable bonds is 2. The van der Waals surface area contributed by atoms with Crippen LogP contribution in [0.5, 0.6) is 0 Å². The molecule has 2 aromatic heterocycles. The van der Waals surface area contributed by atoms with Gasteiger partial charge in [-0.2, -0.15) is 0 Å². The maximum atomic E-state index is 10.1. The van der Waals surface area contributed by atoms with Crippen LogP contribution in [0.2, 0.25) is 0 Å². The maximum absolute atomic E-state index is 10.1. The molecule has 0 unspecified atom stereocenters. The zero-order valence-corrected chi connectivity index (χ0v) is 11.5. The minimum absolute atomic E-state index is 0. The third-order valence-corrected chi connectivity index (χ3v) is 3.61. The Morgan fingerprint density at radius 2 is 1.95 bits per heavy atom. The summed E-state index contributed by atoms with van der Waals surface area (Å²) >= 11 is 0. The van der Waals surface area contributed by atoms with Crippen LogP contribution in [0.1, 0.15) is 31.7 Å². The Balaban J connectivity index is 0.00000133. The van der Waals surface area contributed by atoms with Gasteiger partial charge in [0.1, 0.15) is 5.69 Å². The second kappa shape index (κ2) is 6.17. The van der Waals surface area contributed by atoms with Crippen LogP contribution in [0.15, 0.2) is 36.8 Å². The molecule has 0 saturated heterocycles. The van der Waals surface area contributed by atoms with Crippen LogP contribution in [0.3, 0.4) is 0 Å². The molecule has 2 heterocycles. The van der Waals surface area contributed by atoms with Crippen molar-refractivity contribution in [3.63, 3.8) is 0 Å². The van der Waals surface area contributed by atoms with Crippen molar-refractivity contribution in [1.29, 1.82) is 0 Å². The van der Waals surface area contributed by atoms with Crippen LogP contribution >= 0.6 is 12.4 Å². The number of aliphatic hydroxyl groups excluding tert-OH is 1. The van der Waals surface area contributed by atoms with Crippen LogP contribution in [-0.4, -0.2) is 25.7 Å². The first kappa shape index (κ1) is 14.0. The molecule has 102 valence electrons. The Morgan fingerprint density at radius 1 is 1.11 bits per heavy atom. The van der Waals surface area contributed by atoms with E-state index in [1.54, 1.807) is 12.4 Å². The largest absolute Gasteiger partial charge is 0.391 e. The van der Waals surface area contributed by atoms with Crippen molar-refractivity contribution in [3.8, 4) is 11.5 Å². The number of pyridine rings is 1. The van der Waals surface area contributed by atoms with E-state index in [0.29, 0.717) is 0 Å². The molecule has 1 aliphatic rings. The van der Waals surface area contributed by atoms with Crippen LogP contribution in [-0.2, 0) is 0 Å². The maximum Gasteiger partial charge on any atom is 0.158 e. The zero-order valence-electron chi connectivity index (χ0n) is 10.6. The molecule has 5 heteroatoms. The number of hydrogen-bond acceptors (Lipinski definition) is 3. The summed E-state index contributed by atoms with van der Waals surface area (Å²) in [6, 6.07) is 5.94. The molecule has 2 aromatic rings. The van der Waals surface area contributed by atoms with Gasteiger partial charge in [0.2, 0.25) is 0 Å². The molecular weight excluding hydrogens is 262 g/mol. The van der Waals surface area contributed by atoms with Crippen molar-refractivity contribution in [2.24, 2.45) is 0 Å². The van der Waals surface area contributed by atoms with Crippen LogP contribution in [0.25, 0.3) is 11.5 Å². The molecule has 1 fully saturated rings. The minimum Gasteiger partial charge on any atom is -0.391 e. The topological polar surface area (TPSA) is 50.9 Å².